The van der Waals surface area contributed by atoms with Gasteiger partial charge in [0.1, 0.15) is 12.4 Å². The van der Waals surface area contributed by atoms with Crippen LogP contribution in [0.15, 0.2) is 48.5 Å². The molecule has 3 aromatic rings. The van der Waals surface area contributed by atoms with E-state index in [0.29, 0.717) is 6.61 Å². The van der Waals surface area contributed by atoms with E-state index in [1.807, 2.05) is 24.3 Å². The monoisotopic (exact) mass is 382 g/mol. The van der Waals surface area contributed by atoms with Crippen molar-refractivity contribution in [2.24, 2.45) is 13.0 Å². The van der Waals surface area contributed by atoms with E-state index in [9.17, 15) is 0 Å². The lowest BCUT2D eigenvalue weighted by Crippen LogP contribution is -2.32. The number of halogens is 1. The van der Waals surface area contributed by atoms with E-state index in [2.05, 4.69) is 47.7 Å². The van der Waals surface area contributed by atoms with Crippen LogP contribution in [0.5, 0.6) is 5.75 Å². The molecule has 0 aliphatic carbocycles. The van der Waals surface area contributed by atoms with Gasteiger partial charge in [-0.2, -0.15) is 0 Å². The van der Waals surface area contributed by atoms with E-state index in [0.717, 1.165) is 23.2 Å². The number of ether oxygens (including phenoxy) is 1. The van der Waals surface area contributed by atoms with Crippen LogP contribution in [0.1, 0.15) is 31.0 Å². The lowest BCUT2D eigenvalue weighted by molar-refractivity contribution is 0.184. The van der Waals surface area contributed by atoms with Gasteiger partial charge in [0.15, 0.2) is 0 Å². The van der Waals surface area contributed by atoms with Gasteiger partial charge >= 0.3 is 0 Å². The number of hydrogen-bond acceptors (Lipinski definition) is 2. The number of benzene rings is 2. The van der Waals surface area contributed by atoms with Crippen molar-refractivity contribution in [2.45, 2.75) is 32.9 Å². The normalized spacial score (nSPS) is 16.1. The van der Waals surface area contributed by atoms with Crippen molar-refractivity contribution in [3.8, 4) is 5.75 Å². The molecular formula is C23H27ClN2O. The Labute approximate surface area is 166 Å². The summed E-state index contributed by atoms with van der Waals surface area (Å²) >= 11 is 5.99. The second-order valence-corrected chi connectivity index (χ2v) is 8.14. The first-order valence-corrected chi connectivity index (χ1v) is 10.2. The quantitative estimate of drug-likeness (QED) is 0.567. The van der Waals surface area contributed by atoms with Crippen LogP contribution < -0.4 is 4.74 Å². The van der Waals surface area contributed by atoms with Crippen molar-refractivity contribution in [1.29, 1.82) is 0 Å². The maximum Gasteiger partial charge on any atom is 0.129 e. The number of para-hydroxylation sites is 1. The van der Waals surface area contributed by atoms with Crippen molar-refractivity contribution in [1.82, 2.24) is 9.47 Å². The molecule has 142 valence electrons. The third kappa shape index (κ3) is 3.99. The predicted octanol–water partition coefficient (Wildman–Crippen LogP) is 5.64. The van der Waals surface area contributed by atoms with Gasteiger partial charge in [-0.1, -0.05) is 36.7 Å². The Bertz CT molecular complexity index is 908. The number of hydrogen-bond donors (Lipinski definition) is 0. The zero-order chi connectivity index (χ0) is 18.8. The van der Waals surface area contributed by atoms with Gasteiger partial charge in [-0.25, -0.2) is 0 Å². The predicted molar refractivity (Wildman–Crippen MR) is 112 cm³/mol. The van der Waals surface area contributed by atoms with Gasteiger partial charge in [0.2, 0.25) is 0 Å². The molecule has 1 aliphatic rings. The molecule has 0 bridgehead atoms. The molecule has 1 aromatic heterocycles. The van der Waals surface area contributed by atoms with Gasteiger partial charge in [-0.05, 0) is 67.7 Å². The van der Waals surface area contributed by atoms with Crippen molar-refractivity contribution >= 4 is 22.5 Å². The summed E-state index contributed by atoms with van der Waals surface area (Å²) in [5, 5.41) is 2.07. The van der Waals surface area contributed by atoms with Gasteiger partial charge in [0, 0.05) is 29.5 Å². The fraction of sp³-hybridized carbons (Fsp3) is 0.391. The van der Waals surface area contributed by atoms with E-state index in [4.69, 9.17) is 16.3 Å². The Morgan fingerprint density at radius 2 is 1.74 bits per heavy atom. The fourth-order valence-electron chi connectivity index (χ4n) is 4.01. The summed E-state index contributed by atoms with van der Waals surface area (Å²) in [7, 11) is 2.14. The Balaban J connectivity index is 1.61. The first-order valence-electron chi connectivity index (χ1n) is 9.77. The zero-order valence-electron chi connectivity index (χ0n) is 16.1. The molecule has 0 atom stereocenters. The number of aryl methyl sites for hydroxylation is 1. The van der Waals surface area contributed by atoms with Crippen molar-refractivity contribution in [2.75, 3.05) is 13.1 Å². The largest absolute Gasteiger partial charge is 0.487 e. The van der Waals surface area contributed by atoms with E-state index in [1.54, 1.807) is 0 Å². The third-order valence-electron chi connectivity index (χ3n) is 5.79. The third-order valence-corrected chi connectivity index (χ3v) is 6.04. The number of piperidine rings is 1. The van der Waals surface area contributed by atoms with Crippen LogP contribution >= 0.6 is 11.6 Å². The van der Waals surface area contributed by atoms with Crippen molar-refractivity contribution in [3.05, 3.63) is 64.8 Å². The number of fused-ring (bicyclic) bond motifs is 1. The van der Waals surface area contributed by atoms with Crippen molar-refractivity contribution < 1.29 is 4.74 Å². The molecule has 0 saturated carbocycles. The summed E-state index contributed by atoms with van der Waals surface area (Å²) in [5.74, 6) is 1.70. The van der Waals surface area contributed by atoms with Crippen LogP contribution in [0, 0.1) is 5.92 Å². The van der Waals surface area contributed by atoms with Gasteiger partial charge in [-0.15, -0.1) is 0 Å². The van der Waals surface area contributed by atoms with Gasteiger partial charge in [0.05, 0.1) is 5.69 Å². The minimum atomic E-state index is 0.562. The Morgan fingerprint density at radius 1 is 1.04 bits per heavy atom. The smallest absolute Gasteiger partial charge is 0.129 e. The molecular weight excluding hydrogens is 356 g/mol. The van der Waals surface area contributed by atoms with Gasteiger partial charge < -0.3 is 9.30 Å². The summed E-state index contributed by atoms with van der Waals surface area (Å²) in [4.78, 5) is 2.59. The van der Waals surface area contributed by atoms with Crippen LogP contribution in [-0.4, -0.2) is 22.6 Å². The lowest BCUT2D eigenvalue weighted by Gasteiger charge is -2.30. The molecule has 0 radical (unpaired) electrons. The van der Waals surface area contributed by atoms with E-state index in [1.165, 1.54) is 48.1 Å². The first kappa shape index (κ1) is 18.4. The number of nitrogens with zero attached hydrogens (tertiary/aromatic N) is 2. The van der Waals surface area contributed by atoms with Crippen LogP contribution in [0.2, 0.25) is 5.02 Å². The minimum Gasteiger partial charge on any atom is -0.487 e. The van der Waals surface area contributed by atoms with Crippen LogP contribution in [0.25, 0.3) is 10.9 Å². The first-order chi connectivity index (χ1) is 13.1. The van der Waals surface area contributed by atoms with Crippen LogP contribution in [-0.2, 0) is 20.2 Å². The highest BCUT2D eigenvalue weighted by molar-refractivity contribution is 6.30. The summed E-state index contributed by atoms with van der Waals surface area (Å²) in [6.45, 7) is 6.28. The number of aromatic nitrogens is 1. The van der Waals surface area contributed by atoms with Crippen LogP contribution in [0.3, 0.4) is 0 Å². The maximum atomic E-state index is 6.11. The maximum absolute atomic E-state index is 6.11. The molecule has 4 heteroatoms. The average molecular weight is 383 g/mol. The summed E-state index contributed by atoms with van der Waals surface area (Å²) in [5.41, 5.74) is 3.92. The number of rotatable bonds is 5. The highest BCUT2D eigenvalue weighted by Gasteiger charge is 2.21. The van der Waals surface area contributed by atoms with Gasteiger partial charge in [0.25, 0.3) is 0 Å². The molecule has 2 aromatic carbocycles. The summed E-state index contributed by atoms with van der Waals surface area (Å²) < 4.78 is 8.39. The SMILES string of the molecule is CC1CCN(Cc2c(COc3ccc(Cl)cc3)n(C)c3ccccc23)CC1. The Kier molecular flexibility index (Phi) is 5.42. The molecule has 4 rings (SSSR count). The van der Waals surface area contributed by atoms with E-state index < -0.39 is 0 Å². The zero-order valence-corrected chi connectivity index (χ0v) is 16.9. The van der Waals surface area contributed by atoms with Crippen LogP contribution in [0.4, 0.5) is 0 Å². The van der Waals surface area contributed by atoms with Crippen molar-refractivity contribution in [3.63, 3.8) is 0 Å². The molecule has 1 saturated heterocycles. The fourth-order valence-corrected chi connectivity index (χ4v) is 4.14. The van der Waals surface area contributed by atoms with E-state index in [-0.39, 0.29) is 0 Å². The molecule has 2 heterocycles. The second kappa shape index (κ2) is 7.95. The molecule has 0 N–H and O–H groups in total. The van der Waals surface area contributed by atoms with E-state index >= 15 is 0 Å². The molecule has 0 amide bonds. The lowest BCUT2D eigenvalue weighted by atomic mass is 9.98. The Hall–Kier alpha value is -1.97. The molecule has 0 spiro atoms. The highest BCUT2D eigenvalue weighted by Crippen LogP contribution is 2.29. The molecule has 27 heavy (non-hydrogen) atoms. The summed E-state index contributed by atoms with van der Waals surface area (Å²) in [6.07, 6.45) is 2.59. The summed E-state index contributed by atoms with van der Waals surface area (Å²) in [6, 6.07) is 16.3. The highest BCUT2D eigenvalue weighted by atomic mass is 35.5. The minimum absolute atomic E-state index is 0.562. The van der Waals surface area contributed by atoms with Gasteiger partial charge in [-0.3, -0.25) is 4.90 Å². The molecule has 0 unspecified atom stereocenters. The standard InChI is InChI=1S/C23H27ClN2O/c1-17-11-13-26(14-12-17)15-21-20-5-3-4-6-22(20)25(2)23(21)16-27-19-9-7-18(24)8-10-19/h3-10,17H,11-16H2,1-2H3. The molecule has 1 fully saturated rings. The average Bonchev–Trinajstić information content (AvgIpc) is 2.95. The molecule has 3 nitrogen and oxygen atoms in total. The Morgan fingerprint density at radius 3 is 2.48 bits per heavy atom. The topological polar surface area (TPSA) is 17.4 Å². The molecule has 1 aliphatic heterocycles. The second-order valence-electron chi connectivity index (χ2n) is 7.70. The number of likely N-dealkylation sites (tertiary alicyclic amines) is 1.